The Balaban J connectivity index is 1.74. The number of oxazole rings is 1. The molecule has 1 aliphatic carbocycles. The number of amides is 1. The number of H-pyrrole nitrogens is 1. The molecule has 3 rings (SSSR count). The van der Waals surface area contributed by atoms with Gasteiger partial charge >= 0.3 is 0 Å². The zero-order chi connectivity index (χ0) is 13.2. The number of carbonyl (C=O) groups is 1. The normalized spacial score (nSPS) is 15.8. The quantitative estimate of drug-likeness (QED) is 0.771. The molecule has 1 amide bonds. The van der Waals surface area contributed by atoms with Crippen LogP contribution in [0.1, 0.15) is 36.2 Å². The van der Waals surface area contributed by atoms with Crippen LogP contribution in [0.3, 0.4) is 0 Å². The fourth-order valence-electron chi connectivity index (χ4n) is 2.30. The van der Waals surface area contributed by atoms with Gasteiger partial charge in [0.2, 0.25) is 5.89 Å². The summed E-state index contributed by atoms with van der Waals surface area (Å²) in [5.41, 5.74) is 6.39. The number of nitrogens with two attached hydrogens (primary N) is 1. The van der Waals surface area contributed by atoms with Crippen LogP contribution in [0.25, 0.3) is 11.6 Å². The molecule has 2 aromatic heterocycles. The van der Waals surface area contributed by atoms with Crippen LogP contribution >= 0.6 is 0 Å². The monoisotopic (exact) mass is 261 g/mol. The number of nitrogens with one attached hydrogen (secondary N) is 2. The molecule has 1 fully saturated rings. The second-order valence-corrected chi connectivity index (χ2v) is 4.66. The first kappa shape index (κ1) is 11.8. The van der Waals surface area contributed by atoms with Crippen molar-refractivity contribution in [2.45, 2.75) is 31.7 Å². The van der Waals surface area contributed by atoms with Crippen LogP contribution in [-0.2, 0) is 0 Å². The van der Waals surface area contributed by atoms with Crippen LogP contribution in [0.4, 0.5) is 5.82 Å². The lowest BCUT2D eigenvalue weighted by Gasteiger charge is -2.09. The van der Waals surface area contributed by atoms with Crippen molar-refractivity contribution in [2.75, 3.05) is 5.73 Å². The van der Waals surface area contributed by atoms with E-state index in [0.717, 1.165) is 12.8 Å². The number of nitrogen functional groups attached to an aromatic ring is 1. The van der Waals surface area contributed by atoms with E-state index >= 15 is 0 Å². The molecule has 0 saturated heterocycles. The van der Waals surface area contributed by atoms with Crippen LogP contribution in [0, 0.1) is 0 Å². The van der Waals surface area contributed by atoms with Gasteiger partial charge in [-0.05, 0) is 12.8 Å². The van der Waals surface area contributed by atoms with Gasteiger partial charge < -0.3 is 20.5 Å². The topological polar surface area (TPSA) is 110 Å². The molecule has 0 spiro atoms. The van der Waals surface area contributed by atoms with Gasteiger partial charge in [0.1, 0.15) is 12.0 Å². The van der Waals surface area contributed by atoms with Crippen LogP contribution in [0.5, 0.6) is 0 Å². The number of anilines is 1. The summed E-state index contributed by atoms with van der Waals surface area (Å²) in [6, 6.07) is 0.255. The number of hydrogen-bond donors (Lipinski definition) is 3. The summed E-state index contributed by atoms with van der Waals surface area (Å²) >= 11 is 0. The van der Waals surface area contributed by atoms with Crippen LogP contribution in [0.15, 0.2) is 17.0 Å². The van der Waals surface area contributed by atoms with E-state index in [1.54, 1.807) is 0 Å². The molecule has 0 radical (unpaired) electrons. The molecule has 2 aromatic rings. The Kier molecular flexibility index (Phi) is 2.94. The van der Waals surface area contributed by atoms with Gasteiger partial charge in [0.05, 0.1) is 6.33 Å². The Morgan fingerprint density at radius 2 is 2.26 bits per heavy atom. The molecule has 1 aliphatic rings. The fourth-order valence-corrected chi connectivity index (χ4v) is 2.30. The van der Waals surface area contributed by atoms with Crippen molar-refractivity contribution in [3.63, 3.8) is 0 Å². The molecule has 19 heavy (non-hydrogen) atoms. The Morgan fingerprint density at radius 1 is 1.47 bits per heavy atom. The predicted octanol–water partition coefficient (Wildman–Crippen LogP) is 1.32. The zero-order valence-electron chi connectivity index (χ0n) is 10.3. The molecule has 7 nitrogen and oxygen atoms in total. The SMILES string of the molecule is Nc1nc[nH]c1-c1nc(C(=O)NC2CCCC2)co1. The Hall–Kier alpha value is -2.31. The third kappa shape index (κ3) is 2.31. The van der Waals surface area contributed by atoms with E-state index in [-0.39, 0.29) is 23.5 Å². The van der Waals surface area contributed by atoms with Gasteiger partial charge in [-0.1, -0.05) is 12.8 Å². The summed E-state index contributed by atoms with van der Waals surface area (Å²) in [6.45, 7) is 0. The first-order valence-electron chi connectivity index (χ1n) is 6.29. The molecular formula is C12H15N5O2. The molecule has 2 heterocycles. The highest BCUT2D eigenvalue weighted by Gasteiger charge is 2.21. The molecule has 1 saturated carbocycles. The molecular weight excluding hydrogens is 246 g/mol. The molecule has 0 unspecified atom stereocenters. The Morgan fingerprint density at radius 3 is 2.95 bits per heavy atom. The number of aromatic nitrogens is 3. The Bertz CT molecular complexity index is 582. The first-order valence-corrected chi connectivity index (χ1v) is 6.29. The van der Waals surface area contributed by atoms with Gasteiger partial charge in [-0.2, -0.15) is 0 Å². The number of hydrogen-bond acceptors (Lipinski definition) is 5. The van der Waals surface area contributed by atoms with Crippen LogP contribution in [-0.4, -0.2) is 26.9 Å². The van der Waals surface area contributed by atoms with Gasteiger partial charge in [-0.3, -0.25) is 4.79 Å². The van der Waals surface area contributed by atoms with Crippen molar-refractivity contribution in [3.8, 4) is 11.6 Å². The molecule has 0 bridgehead atoms. The predicted molar refractivity (Wildman–Crippen MR) is 68.2 cm³/mol. The van der Waals surface area contributed by atoms with E-state index < -0.39 is 0 Å². The third-order valence-electron chi connectivity index (χ3n) is 3.31. The minimum Gasteiger partial charge on any atom is -0.442 e. The van der Waals surface area contributed by atoms with Crippen LogP contribution in [0.2, 0.25) is 0 Å². The van der Waals surface area contributed by atoms with Crippen molar-refractivity contribution in [3.05, 3.63) is 18.3 Å². The summed E-state index contributed by atoms with van der Waals surface area (Å²) in [4.78, 5) is 22.8. The molecule has 7 heteroatoms. The van der Waals surface area contributed by atoms with Gasteiger partial charge in [-0.15, -0.1) is 0 Å². The van der Waals surface area contributed by atoms with E-state index in [1.807, 2.05) is 0 Å². The van der Waals surface area contributed by atoms with Gasteiger partial charge in [0.25, 0.3) is 5.91 Å². The lowest BCUT2D eigenvalue weighted by molar-refractivity contribution is 0.0933. The summed E-state index contributed by atoms with van der Waals surface area (Å²) in [6.07, 6.45) is 7.18. The standard InChI is InChI=1S/C12H15N5O2/c13-10-9(14-6-15-10)12-17-8(5-19-12)11(18)16-7-3-1-2-4-7/h5-7H,1-4,13H2,(H,14,15)(H,16,18). The van der Waals surface area contributed by atoms with E-state index in [1.165, 1.54) is 25.4 Å². The molecule has 0 aromatic carbocycles. The molecule has 0 atom stereocenters. The van der Waals surface area contributed by atoms with Crippen molar-refractivity contribution in [2.24, 2.45) is 0 Å². The molecule has 100 valence electrons. The van der Waals surface area contributed by atoms with Crippen molar-refractivity contribution < 1.29 is 9.21 Å². The number of rotatable bonds is 3. The highest BCUT2D eigenvalue weighted by molar-refractivity contribution is 5.92. The average Bonchev–Trinajstić information content (AvgIpc) is 3.08. The second kappa shape index (κ2) is 4.75. The molecule has 4 N–H and O–H groups in total. The first-order chi connectivity index (χ1) is 9.24. The Labute approximate surface area is 109 Å². The lowest BCUT2D eigenvalue weighted by Crippen LogP contribution is -2.32. The largest absolute Gasteiger partial charge is 0.442 e. The van der Waals surface area contributed by atoms with Gasteiger partial charge in [0, 0.05) is 6.04 Å². The maximum atomic E-state index is 12.0. The van der Waals surface area contributed by atoms with E-state index in [2.05, 4.69) is 20.3 Å². The minimum atomic E-state index is -0.208. The van der Waals surface area contributed by atoms with Crippen LogP contribution < -0.4 is 11.1 Å². The maximum Gasteiger partial charge on any atom is 0.273 e. The van der Waals surface area contributed by atoms with Crippen molar-refractivity contribution in [1.29, 1.82) is 0 Å². The lowest BCUT2D eigenvalue weighted by atomic mass is 10.2. The maximum absolute atomic E-state index is 12.0. The van der Waals surface area contributed by atoms with Crippen molar-refractivity contribution in [1.82, 2.24) is 20.3 Å². The molecule has 0 aliphatic heterocycles. The fraction of sp³-hybridized carbons (Fsp3) is 0.417. The second-order valence-electron chi connectivity index (χ2n) is 4.66. The van der Waals surface area contributed by atoms with E-state index in [0.29, 0.717) is 11.5 Å². The average molecular weight is 261 g/mol. The summed E-state index contributed by atoms with van der Waals surface area (Å²) in [5, 5.41) is 2.95. The minimum absolute atomic E-state index is 0.208. The zero-order valence-corrected chi connectivity index (χ0v) is 10.3. The smallest absolute Gasteiger partial charge is 0.273 e. The third-order valence-corrected chi connectivity index (χ3v) is 3.31. The number of nitrogens with zero attached hydrogens (tertiary/aromatic N) is 2. The number of aromatic amines is 1. The van der Waals surface area contributed by atoms with Crippen molar-refractivity contribution >= 4 is 11.7 Å². The van der Waals surface area contributed by atoms with E-state index in [9.17, 15) is 4.79 Å². The highest BCUT2D eigenvalue weighted by Crippen LogP contribution is 2.22. The summed E-state index contributed by atoms with van der Waals surface area (Å²) in [7, 11) is 0. The number of carbonyl (C=O) groups excluding carboxylic acids is 1. The highest BCUT2D eigenvalue weighted by atomic mass is 16.3. The van der Waals surface area contributed by atoms with Gasteiger partial charge in [0.15, 0.2) is 11.5 Å². The number of imidazole rings is 1. The summed E-state index contributed by atoms with van der Waals surface area (Å²) in [5.74, 6) is 0.358. The van der Waals surface area contributed by atoms with Gasteiger partial charge in [-0.25, -0.2) is 9.97 Å². The summed E-state index contributed by atoms with van der Waals surface area (Å²) < 4.78 is 5.25. The van der Waals surface area contributed by atoms with E-state index in [4.69, 9.17) is 10.2 Å².